The molecule has 82 valence electrons. The summed E-state index contributed by atoms with van der Waals surface area (Å²) in [5.74, 6) is -2.19. The lowest BCUT2D eigenvalue weighted by Crippen LogP contribution is -2.28. The summed E-state index contributed by atoms with van der Waals surface area (Å²) in [6, 6.07) is 5.06. The lowest BCUT2D eigenvalue weighted by atomic mass is 9.99. The van der Waals surface area contributed by atoms with Crippen molar-refractivity contribution in [2.45, 2.75) is 24.8 Å². The second kappa shape index (κ2) is 2.92. The number of hydrogen-bond donors (Lipinski definition) is 1. The molecule has 0 saturated heterocycles. The molecular formula is C11H13F2NO. The van der Waals surface area contributed by atoms with Crippen LogP contribution in [0, 0.1) is 6.92 Å². The summed E-state index contributed by atoms with van der Waals surface area (Å²) < 4.78 is 31.3. The van der Waals surface area contributed by atoms with Crippen LogP contribution in [0.15, 0.2) is 18.2 Å². The van der Waals surface area contributed by atoms with Crippen LogP contribution in [0.25, 0.3) is 0 Å². The number of hydrogen-bond acceptors (Lipinski definition) is 2. The van der Waals surface area contributed by atoms with Gasteiger partial charge < -0.3 is 10.5 Å². The Hall–Kier alpha value is -1.16. The van der Waals surface area contributed by atoms with E-state index >= 15 is 0 Å². The van der Waals surface area contributed by atoms with Crippen LogP contribution in [0.3, 0.4) is 0 Å². The van der Waals surface area contributed by atoms with Gasteiger partial charge in [-0.1, -0.05) is 12.1 Å². The maximum Gasteiger partial charge on any atom is 0.272 e. The average Bonchev–Trinajstić information content (AvgIpc) is 2.67. The first-order valence-electron chi connectivity index (χ1n) is 4.73. The standard InChI is InChI=1S/C11H13F2NO/c1-7-8(4-3-5-9(7)15-2)10(14)6-11(10,12)13/h3-5H,6,14H2,1-2H3. The smallest absolute Gasteiger partial charge is 0.272 e. The van der Waals surface area contributed by atoms with E-state index in [2.05, 4.69) is 0 Å². The molecule has 0 radical (unpaired) electrons. The maximum atomic E-state index is 13.1. The summed E-state index contributed by atoms with van der Waals surface area (Å²) in [6.07, 6.45) is -0.284. The van der Waals surface area contributed by atoms with Crippen LogP contribution in [0.2, 0.25) is 0 Å². The van der Waals surface area contributed by atoms with Crippen molar-refractivity contribution < 1.29 is 13.5 Å². The van der Waals surface area contributed by atoms with E-state index in [1.165, 1.54) is 7.11 Å². The Kier molecular flexibility index (Phi) is 2.01. The molecule has 2 nitrogen and oxygen atoms in total. The van der Waals surface area contributed by atoms with Crippen LogP contribution in [-0.4, -0.2) is 13.0 Å². The second-order valence-corrected chi connectivity index (χ2v) is 3.99. The first-order valence-corrected chi connectivity index (χ1v) is 4.73. The molecule has 15 heavy (non-hydrogen) atoms. The van der Waals surface area contributed by atoms with Gasteiger partial charge in [-0.25, -0.2) is 8.78 Å². The highest BCUT2D eigenvalue weighted by Gasteiger charge is 2.70. The molecule has 1 aliphatic carbocycles. The molecule has 1 fully saturated rings. The van der Waals surface area contributed by atoms with Crippen LogP contribution in [0.5, 0.6) is 5.75 Å². The molecule has 1 unspecified atom stereocenters. The van der Waals surface area contributed by atoms with Gasteiger partial charge in [0.25, 0.3) is 5.92 Å². The molecule has 0 bridgehead atoms. The monoisotopic (exact) mass is 213 g/mol. The SMILES string of the molecule is COc1cccc(C2(N)CC2(F)F)c1C. The fraction of sp³-hybridized carbons (Fsp3) is 0.455. The molecule has 1 atom stereocenters. The Labute approximate surface area is 87.0 Å². The lowest BCUT2D eigenvalue weighted by Gasteiger charge is -2.16. The highest BCUT2D eigenvalue weighted by atomic mass is 19.3. The van der Waals surface area contributed by atoms with Crippen LogP contribution < -0.4 is 10.5 Å². The fourth-order valence-electron chi connectivity index (χ4n) is 1.92. The van der Waals surface area contributed by atoms with Crippen molar-refractivity contribution in [1.82, 2.24) is 0 Å². The van der Waals surface area contributed by atoms with Gasteiger partial charge in [0, 0.05) is 6.42 Å². The predicted molar refractivity (Wildman–Crippen MR) is 53.2 cm³/mol. The first-order chi connectivity index (χ1) is 6.92. The molecule has 1 aromatic rings. The van der Waals surface area contributed by atoms with Crippen molar-refractivity contribution >= 4 is 0 Å². The normalized spacial score (nSPS) is 27.5. The van der Waals surface area contributed by atoms with Crippen molar-refractivity contribution in [2.75, 3.05) is 7.11 Å². The van der Waals surface area contributed by atoms with E-state index in [1.54, 1.807) is 25.1 Å². The van der Waals surface area contributed by atoms with Gasteiger partial charge in [-0.3, -0.25) is 0 Å². The second-order valence-electron chi connectivity index (χ2n) is 3.99. The molecule has 1 saturated carbocycles. The number of benzene rings is 1. The maximum absolute atomic E-state index is 13.1. The van der Waals surface area contributed by atoms with Crippen LogP contribution in [-0.2, 0) is 5.54 Å². The van der Waals surface area contributed by atoms with E-state index in [9.17, 15) is 8.78 Å². The largest absolute Gasteiger partial charge is 0.496 e. The third-order valence-electron chi connectivity index (χ3n) is 3.01. The van der Waals surface area contributed by atoms with Gasteiger partial charge in [0.2, 0.25) is 0 Å². The Balaban J connectivity index is 2.47. The summed E-state index contributed by atoms with van der Waals surface area (Å²) in [5, 5.41) is 0. The van der Waals surface area contributed by atoms with Gasteiger partial charge in [0.1, 0.15) is 11.3 Å². The Morgan fingerprint density at radius 2 is 2.00 bits per heavy atom. The molecule has 1 aliphatic rings. The summed E-state index contributed by atoms with van der Waals surface area (Å²) in [4.78, 5) is 0. The minimum absolute atomic E-state index is 0.284. The number of alkyl halides is 2. The molecule has 0 amide bonds. The van der Waals surface area contributed by atoms with Crippen molar-refractivity contribution in [2.24, 2.45) is 5.73 Å². The number of ether oxygens (including phenoxy) is 1. The zero-order valence-electron chi connectivity index (χ0n) is 8.68. The van der Waals surface area contributed by atoms with Gasteiger partial charge in [-0.15, -0.1) is 0 Å². The number of methoxy groups -OCH3 is 1. The van der Waals surface area contributed by atoms with E-state index in [4.69, 9.17) is 10.5 Å². The molecule has 0 aliphatic heterocycles. The van der Waals surface area contributed by atoms with Crippen molar-refractivity contribution in [3.8, 4) is 5.75 Å². The molecule has 0 spiro atoms. The Morgan fingerprint density at radius 1 is 1.40 bits per heavy atom. The highest BCUT2D eigenvalue weighted by molar-refractivity contribution is 5.47. The lowest BCUT2D eigenvalue weighted by molar-refractivity contribution is 0.0889. The van der Waals surface area contributed by atoms with E-state index < -0.39 is 11.5 Å². The minimum Gasteiger partial charge on any atom is -0.496 e. The van der Waals surface area contributed by atoms with Crippen LogP contribution in [0.1, 0.15) is 17.5 Å². The van der Waals surface area contributed by atoms with E-state index in [0.29, 0.717) is 16.9 Å². The molecule has 4 heteroatoms. The number of nitrogens with two attached hydrogens (primary N) is 1. The summed E-state index contributed by atoms with van der Waals surface area (Å²) >= 11 is 0. The first kappa shape index (κ1) is 10.4. The fourth-order valence-corrected chi connectivity index (χ4v) is 1.92. The van der Waals surface area contributed by atoms with Gasteiger partial charge in [-0.2, -0.15) is 0 Å². The minimum atomic E-state index is -2.79. The van der Waals surface area contributed by atoms with Crippen molar-refractivity contribution in [3.63, 3.8) is 0 Å². The third kappa shape index (κ3) is 1.32. The molecule has 0 aromatic heterocycles. The topological polar surface area (TPSA) is 35.2 Å². The summed E-state index contributed by atoms with van der Waals surface area (Å²) in [5.41, 5.74) is 5.34. The van der Waals surface area contributed by atoms with E-state index in [1.807, 2.05) is 0 Å². The van der Waals surface area contributed by atoms with Crippen molar-refractivity contribution in [3.05, 3.63) is 29.3 Å². The predicted octanol–water partition coefficient (Wildman–Crippen LogP) is 2.20. The zero-order valence-corrected chi connectivity index (χ0v) is 8.68. The Morgan fingerprint density at radius 3 is 2.47 bits per heavy atom. The van der Waals surface area contributed by atoms with Crippen molar-refractivity contribution in [1.29, 1.82) is 0 Å². The Bertz CT molecular complexity index is 406. The number of rotatable bonds is 2. The van der Waals surface area contributed by atoms with Crippen LogP contribution in [0.4, 0.5) is 8.78 Å². The van der Waals surface area contributed by atoms with E-state index in [-0.39, 0.29) is 6.42 Å². The molecule has 2 rings (SSSR count). The summed E-state index contributed by atoms with van der Waals surface area (Å²) in [7, 11) is 1.51. The van der Waals surface area contributed by atoms with Gasteiger partial charge in [-0.05, 0) is 24.1 Å². The average molecular weight is 213 g/mol. The quantitative estimate of drug-likeness (QED) is 0.817. The zero-order chi connectivity index (χ0) is 11.3. The molecule has 1 aromatic carbocycles. The number of halogens is 2. The van der Waals surface area contributed by atoms with Crippen LogP contribution >= 0.6 is 0 Å². The van der Waals surface area contributed by atoms with Gasteiger partial charge in [0.15, 0.2) is 0 Å². The molecular weight excluding hydrogens is 200 g/mol. The third-order valence-corrected chi connectivity index (χ3v) is 3.01. The summed E-state index contributed by atoms with van der Waals surface area (Å²) in [6.45, 7) is 1.75. The van der Waals surface area contributed by atoms with E-state index in [0.717, 1.165) is 0 Å². The molecule has 2 N–H and O–H groups in total. The van der Waals surface area contributed by atoms with Gasteiger partial charge >= 0.3 is 0 Å². The highest BCUT2D eigenvalue weighted by Crippen LogP contribution is 2.58. The van der Waals surface area contributed by atoms with Gasteiger partial charge in [0.05, 0.1) is 7.11 Å². The molecule has 0 heterocycles.